The molecule has 1 unspecified atom stereocenters. The highest BCUT2D eigenvalue weighted by molar-refractivity contribution is 5.85. The minimum atomic E-state index is -0.857. The van der Waals surface area contributed by atoms with Crippen LogP contribution in [0.15, 0.2) is 34.9 Å². The van der Waals surface area contributed by atoms with Crippen LogP contribution < -0.4 is 0 Å². The van der Waals surface area contributed by atoms with Crippen LogP contribution >= 0.6 is 12.4 Å². The van der Waals surface area contributed by atoms with Gasteiger partial charge in [-0.15, -0.1) is 12.4 Å². The molecule has 1 aromatic heterocycles. The highest BCUT2D eigenvalue weighted by atomic mass is 35.5. The number of nitrogens with zero attached hydrogens (tertiary/aromatic N) is 3. The summed E-state index contributed by atoms with van der Waals surface area (Å²) in [6.07, 6.45) is 1.46. The van der Waals surface area contributed by atoms with Crippen molar-refractivity contribution < 1.29 is 14.4 Å². The van der Waals surface area contributed by atoms with Crippen molar-refractivity contribution in [3.63, 3.8) is 0 Å². The molecular weight excluding hydrogens is 318 g/mol. The maximum absolute atomic E-state index is 11.0. The zero-order valence-electron chi connectivity index (χ0n) is 13.3. The van der Waals surface area contributed by atoms with Gasteiger partial charge in [-0.25, -0.2) is 0 Å². The lowest BCUT2D eigenvalue weighted by atomic mass is 10.1. The van der Waals surface area contributed by atoms with Gasteiger partial charge < -0.3 is 9.63 Å². The fraction of sp³-hybridized carbons (Fsp3) is 0.438. The lowest BCUT2D eigenvalue weighted by Crippen LogP contribution is -2.33. The number of hydrogen-bond acceptors (Lipinski definition) is 5. The molecule has 1 atom stereocenters. The van der Waals surface area contributed by atoms with Crippen LogP contribution in [0.1, 0.15) is 43.6 Å². The second-order valence-corrected chi connectivity index (χ2v) is 5.25. The fourth-order valence-electron chi connectivity index (χ4n) is 2.31. The fourth-order valence-corrected chi connectivity index (χ4v) is 2.31. The number of halogens is 1. The highest BCUT2D eigenvalue weighted by Crippen LogP contribution is 2.19. The number of carbonyl (C=O) groups is 1. The van der Waals surface area contributed by atoms with Gasteiger partial charge in [-0.3, -0.25) is 9.69 Å². The van der Waals surface area contributed by atoms with Crippen LogP contribution in [-0.2, 0) is 11.2 Å². The quantitative estimate of drug-likeness (QED) is 0.796. The van der Waals surface area contributed by atoms with E-state index in [2.05, 4.69) is 10.1 Å². The molecule has 2 aromatic rings. The second-order valence-electron chi connectivity index (χ2n) is 5.25. The van der Waals surface area contributed by atoms with Gasteiger partial charge in [-0.2, -0.15) is 4.98 Å². The smallest absolute Gasteiger partial charge is 0.317 e. The monoisotopic (exact) mass is 339 g/mol. The predicted octanol–water partition coefficient (Wildman–Crippen LogP) is 2.94. The summed E-state index contributed by atoms with van der Waals surface area (Å²) in [4.78, 5) is 17.2. The van der Waals surface area contributed by atoms with E-state index in [9.17, 15) is 4.79 Å². The Balaban J connectivity index is 0.00000264. The van der Waals surface area contributed by atoms with Gasteiger partial charge in [0, 0.05) is 6.42 Å². The van der Waals surface area contributed by atoms with Gasteiger partial charge in [0.05, 0.1) is 12.6 Å². The van der Waals surface area contributed by atoms with Crippen LogP contribution in [0, 0.1) is 0 Å². The van der Waals surface area contributed by atoms with E-state index < -0.39 is 5.97 Å². The van der Waals surface area contributed by atoms with E-state index in [1.165, 1.54) is 0 Å². The van der Waals surface area contributed by atoms with E-state index in [0.717, 1.165) is 12.0 Å². The summed E-state index contributed by atoms with van der Waals surface area (Å²) < 4.78 is 5.31. The molecule has 0 radical (unpaired) electrons. The molecule has 6 nitrogen and oxygen atoms in total. The standard InChI is InChI=1S/C16H21N3O3.ClH/c1-3-9-19(11-15(20)21)12(2)16-17-14(18-22-16)10-13-7-5-4-6-8-13;/h4-8,12H,3,9-11H2,1-2H3,(H,20,21);1H. The Morgan fingerprint density at radius 1 is 1.35 bits per heavy atom. The third-order valence-electron chi connectivity index (χ3n) is 3.44. The van der Waals surface area contributed by atoms with Crippen molar-refractivity contribution >= 4 is 18.4 Å². The number of hydrogen-bond donors (Lipinski definition) is 1. The number of carboxylic acids is 1. The number of rotatable bonds is 8. The maximum Gasteiger partial charge on any atom is 0.317 e. The van der Waals surface area contributed by atoms with Crippen LogP contribution in [0.4, 0.5) is 0 Å². The van der Waals surface area contributed by atoms with Crippen molar-refractivity contribution in [1.82, 2.24) is 15.0 Å². The second kappa shape index (κ2) is 9.27. The maximum atomic E-state index is 11.0. The Kier molecular flexibility index (Phi) is 7.71. The van der Waals surface area contributed by atoms with E-state index in [0.29, 0.717) is 24.7 Å². The minimum Gasteiger partial charge on any atom is -0.480 e. The molecule has 0 fully saturated rings. The van der Waals surface area contributed by atoms with Crippen molar-refractivity contribution in [2.45, 2.75) is 32.7 Å². The normalized spacial score (nSPS) is 12.0. The Labute approximate surface area is 141 Å². The first-order valence-corrected chi connectivity index (χ1v) is 7.42. The highest BCUT2D eigenvalue weighted by Gasteiger charge is 2.23. The minimum absolute atomic E-state index is 0. The molecule has 2 rings (SSSR count). The van der Waals surface area contributed by atoms with E-state index in [1.807, 2.05) is 49.1 Å². The zero-order chi connectivity index (χ0) is 15.9. The molecule has 0 saturated carbocycles. The van der Waals surface area contributed by atoms with Crippen molar-refractivity contribution in [2.24, 2.45) is 0 Å². The third kappa shape index (κ3) is 5.65. The molecule has 0 aliphatic carbocycles. The lowest BCUT2D eigenvalue weighted by molar-refractivity contribution is -0.139. The van der Waals surface area contributed by atoms with E-state index in [-0.39, 0.29) is 25.0 Å². The van der Waals surface area contributed by atoms with Crippen molar-refractivity contribution in [3.8, 4) is 0 Å². The van der Waals surface area contributed by atoms with E-state index in [4.69, 9.17) is 9.63 Å². The SMILES string of the molecule is CCCN(CC(=O)O)C(C)c1nc(Cc2ccccc2)no1.Cl. The van der Waals surface area contributed by atoms with Crippen LogP contribution in [0.2, 0.25) is 0 Å². The lowest BCUT2D eigenvalue weighted by Gasteiger charge is -2.23. The summed E-state index contributed by atoms with van der Waals surface area (Å²) in [5, 5.41) is 13.0. The van der Waals surface area contributed by atoms with Crippen LogP contribution in [0.3, 0.4) is 0 Å². The Bertz CT molecular complexity index is 604. The Morgan fingerprint density at radius 2 is 2.04 bits per heavy atom. The van der Waals surface area contributed by atoms with Gasteiger partial charge in [0.25, 0.3) is 0 Å². The summed E-state index contributed by atoms with van der Waals surface area (Å²) in [7, 11) is 0. The summed E-state index contributed by atoms with van der Waals surface area (Å²) >= 11 is 0. The number of carboxylic acid groups (broad SMARTS) is 1. The largest absolute Gasteiger partial charge is 0.480 e. The summed E-state index contributed by atoms with van der Waals surface area (Å²) in [6.45, 7) is 4.53. The molecule has 1 N–H and O–H groups in total. The number of benzene rings is 1. The average molecular weight is 340 g/mol. The third-order valence-corrected chi connectivity index (χ3v) is 3.44. The van der Waals surface area contributed by atoms with Gasteiger partial charge in [0.2, 0.25) is 5.89 Å². The summed E-state index contributed by atoms with van der Waals surface area (Å²) in [5.74, 6) is 0.213. The van der Waals surface area contributed by atoms with Gasteiger partial charge in [0.15, 0.2) is 5.82 Å². The molecule has 1 heterocycles. The molecule has 1 aromatic carbocycles. The van der Waals surface area contributed by atoms with Gasteiger partial charge in [-0.05, 0) is 25.5 Å². The van der Waals surface area contributed by atoms with Crippen molar-refractivity contribution in [2.75, 3.05) is 13.1 Å². The van der Waals surface area contributed by atoms with Crippen molar-refractivity contribution in [1.29, 1.82) is 0 Å². The average Bonchev–Trinajstić information content (AvgIpc) is 2.95. The van der Waals surface area contributed by atoms with Gasteiger partial charge >= 0.3 is 5.97 Å². The number of aliphatic carboxylic acids is 1. The first-order valence-electron chi connectivity index (χ1n) is 7.42. The Morgan fingerprint density at radius 3 is 2.65 bits per heavy atom. The molecular formula is C16H22ClN3O3. The molecule has 0 aliphatic heterocycles. The van der Waals surface area contributed by atoms with Gasteiger partial charge in [-0.1, -0.05) is 42.4 Å². The summed E-state index contributed by atoms with van der Waals surface area (Å²) in [5.41, 5.74) is 1.11. The van der Waals surface area contributed by atoms with E-state index in [1.54, 1.807) is 0 Å². The van der Waals surface area contributed by atoms with E-state index >= 15 is 0 Å². The van der Waals surface area contributed by atoms with Gasteiger partial charge in [0.1, 0.15) is 0 Å². The topological polar surface area (TPSA) is 79.5 Å². The molecule has 23 heavy (non-hydrogen) atoms. The summed E-state index contributed by atoms with van der Waals surface area (Å²) in [6, 6.07) is 9.69. The molecule has 0 saturated heterocycles. The van der Waals surface area contributed by atoms with Crippen molar-refractivity contribution in [3.05, 3.63) is 47.6 Å². The molecule has 7 heteroatoms. The van der Waals surface area contributed by atoms with Crippen LogP contribution in [-0.4, -0.2) is 39.2 Å². The molecule has 0 aliphatic rings. The predicted molar refractivity (Wildman–Crippen MR) is 88.7 cm³/mol. The Hall–Kier alpha value is -1.92. The first-order chi connectivity index (χ1) is 10.6. The molecule has 0 bridgehead atoms. The zero-order valence-corrected chi connectivity index (χ0v) is 14.1. The van der Waals surface area contributed by atoms with Crippen LogP contribution in [0.25, 0.3) is 0 Å². The number of aromatic nitrogens is 2. The molecule has 0 amide bonds. The first kappa shape index (κ1) is 19.1. The molecule has 0 spiro atoms. The molecule has 126 valence electrons. The van der Waals surface area contributed by atoms with Crippen LogP contribution in [0.5, 0.6) is 0 Å².